The topological polar surface area (TPSA) is 59.3 Å². The van der Waals surface area contributed by atoms with Crippen molar-refractivity contribution in [2.45, 2.75) is 6.92 Å². The predicted octanol–water partition coefficient (Wildman–Crippen LogP) is 2.51. The van der Waals surface area contributed by atoms with Crippen LogP contribution in [0.25, 0.3) is 11.3 Å². The largest absolute Gasteiger partial charge is 0.451 e. The number of hydrogen-bond donors (Lipinski definition) is 1. The van der Waals surface area contributed by atoms with Crippen LogP contribution in [0.3, 0.4) is 0 Å². The van der Waals surface area contributed by atoms with E-state index in [9.17, 15) is 9.59 Å². The maximum atomic E-state index is 11.6. The standard InChI is InChI=1S/C16H13NO3/c1-3-10-17-16(19)15-9-8-14(20-15)13-6-4-12(5-7-13)11(2)18/h1,4-9H,10H2,2H3,(H,17,19). The summed E-state index contributed by atoms with van der Waals surface area (Å²) in [6.07, 6.45) is 5.07. The average Bonchev–Trinajstić information content (AvgIpc) is 2.94. The number of Topliss-reactive ketones (excluding diaryl/α,β-unsaturated/α-hetero) is 1. The number of carbonyl (C=O) groups excluding carboxylic acids is 2. The summed E-state index contributed by atoms with van der Waals surface area (Å²) < 4.78 is 5.46. The van der Waals surface area contributed by atoms with Gasteiger partial charge in [0.15, 0.2) is 11.5 Å². The number of nitrogens with one attached hydrogen (secondary N) is 1. The monoisotopic (exact) mass is 267 g/mol. The number of amides is 1. The molecule has 0 radical (unpaired) electrons. The van der Waals surface area contributed by atoms with E-state index in [-0.39, 0.29) is 24.0 Å². The number of furan rings is 1. The molecule has 4 heteroatoms. The number of benzene rings is 1. The fourth-order valence-electron chi connectivity index (χ4n) is 1.70. The smallest absolute Gasteiger partial charge is 0.287 e. The Morgan fingerprint density at radius 1 is 1.20 bits per heavy atom. The second kappa shape index (κ2) is 5.89. The molecule has 0 saturated heterocycles. The van der Waals surface area contributed by atoms with Crippen LogP contribution in [0, 0.1) is 12.3 Å². The number of hydrogen-bond acceptors (Lipinski definition) is 3. The van der Waals surface area contributed by atoms with Crippen molar-refractivity contribution in [3.05, 3.63) is 47.7 Å². The number of carbonyl (C=O) groups is 2. The van der Waals surface area contributed by atoms with Gasteiger partial charge >= 0.3 is 0 Å². The molecule has 0 aliphatic carbocycles. The third-order valence-corrected chi connectivity index (χ3v) is 2.76. The lowest BCUT2D eigenvalue weighted by atomic mass is 10.1. The summed E-state index contributed by atoms with van der Waals surface area (Å²) in [6.45, 7) is 1.66. The molecule has 1 aromatic carbocycles. The molecule has 0 fully saturated rings. The fourth-order valence-corrected chi connectivity index (χ4v) is 1.70. The van der Waals surface area contributed by atoms with Crippen LogP contribution in [0.5, 0.6) is 0 Å². The minimum absolute atomic E-state index is 0.00495. The van der Waals surface area contributed by atoms with Crippen molar-refractivity contribution in [1.82, 2.24) is 5.32 Å². The van der Waals surface area contributed by atoms with Crippen molar-refractivity contribution < 1.29 is 14.0 Å². The number of rotatable bonds is 4. The third-order valence-electron chi connectivity index (χ3n) is 2.76. The van der Waals surface area contributed by atoms with E-state index in [1.165, 1.54) is 6.92 Å². The Morgan fingerprint density at radius 3 is 2.50 bits per heavy atom. The van der Waals surface area contributed by atoms with E-state index in [0.29, 0.717) is 11.3 Å². The highest BCUT2D eigenvalue weighted by atomic mass is 16.3. The van der Waals surface area contributed by atoms with Crippen LogP contribution < -0.4 is 5.32 Å². The number of ketones is 1. The van der Waals surface area contributed by atoms with E-state index in [2.05, 4.69) is 11.2 Å². The van der Waals surface area contributed by atoms with Crippen molar-refractivity contribution in [3.63, 3.8) is 0 Å². The molecule has 1 heterocycles. The molecule has 100 valence electrons. The molecule has 0 aliphatic rings. The van der Waals surface area contributed by atoms with Gasteiger partial charge in [0.1, 0.15) is 5.76 Å². The molecule has 2 aromatic rings. The van der Waals surface area contributed by atoms with Gasteiger partial charge < -0.3 is 9.73 Å². The Kier molecular flexibility index (Phi) is 4.02. The van der Waals surface area contributed by atoms with Gasteiger partial charge in [-0.05, 0) is 19.1 Å². The molecule has 0 aliphatic heterocycles. The van der Waals surface area contributed by atoms with Crippen molar-refractivity contribution in [2.75, 3.05) is 6.54 Å². The summed E-state index contributed by atoms with van der Waals surface area (Å²) in [5, 5.41) is 2.52. The summed E-state index contributed by atoms with van der Waals surface area (Å²) in [5.74, 6) is 2.73. The van der Waals surface area contributed by atoms with Gasteiger partial charge in [-0.25, -0.2) is 0 Å². The van der Waals surface area contributed by atoms with Crippen LogP contribution in [-0.2, 0) is 0 Å². The Hall–Kier alpha value is -2.80. The number of terminal acetylenes is 1. The summed E-state index contributed by atoms with van der Waals surface area (Å²) in [6, 6.07) is 10.3. The molecular formula is C16H13NO3. The van der Waals surface area contributed by atoms with E-state index in [1.807, 2.05) is 0 Å². The summed E-state index contributed by atoms with van der Waals surface area (Å²) in [4.78, 5) is 22.8. The van der Waals surface area contributed by atoms with E-state index >= 15 is 0 Å². The lowest BCUT2D eigenvalue weighted by molar-refractivity contribution is 0.0931. The normalized spacial score (nSPS) is 9.80. The van der Waals surface area contributed by atoms with Gasteiger partial charge in [0.05, 0.1) is 6.54 Å². The molecule has 0 saturated carbocycles. The Morgan fingerprint density at radius 2 is 1.90 bits per heavy atom. The molecule has 0 unspecified atom stereocenters. The first-order valence-corrected chi connectivity index (χ1v) is 6.04. The molecule has 0 atom stereocenters. The van der Waals surface area contributed by atoms with Crippen LogP contribution in [0.2, 0.25) is 0 Å². The van der Waals surface area contributed by atoms with Crippen LogP contribution in [-0.4, -0.2) is 18.2 Å². The van der Waals surface area contributed by atoms with Crippen LogP contribution in [0.15, 0.2) is 40.8 Å². The van der Waals surface area contributed by atoms with Crippen LogP contribution in [0.1, 0.15) is 27.8 Å². The first-order valence-electron chi connectivity index (χ1n) is 6.04. The fraction of sp³-hybridized carbons (Fsp3) is 0.125. The summed E-state index contributed by atoms with van der Waals surface area (Å²) in [7, 11) is 0. The third kappa shape index (κ3) is 2.96. The van der Waals surface area contributed by atoms with Crippen LogP contribution in [0.4, 0.5) is 0 Å². The van der Waals surface area contributed by atoms with Gasteiger partial charge in [-0.15, -0.1) is 6.42 Å². The SMILES string of the molecule is C#CCNC(=O)c1ccc(-c2ccc(C(C)=O)cc2)o1. The predicted molar refractivity (Wildman–Crippen MR) is 75.3 cm³/mol. The van der Waals surface area contributed by atoms with Crippen molar-refractivity contribution in [3.8, 4) is 23.7 Å². The molecule has 0 spiro atoms. The zero-order valence-electron chi connectivity index (χ0n) is 11.0. The van der Waals surface area contributed by atoms with Gasteiger partial charge in [-0.3, -0.25) is 9.59 Å². The lowest BCUT2D eigenvalue weighted by Crippen LogP contribution is -2.22. The maximum Gasteiger partial charge on any atom is 0.287 e. The van der Waals surface area contributed by atoms with E-state index in [4.69, 9.17) is 10.8 Å². The van der Waals surface area contributed by atoms with Gasteiger partial charge in [0.25, 0.3) is 5.91 Å². The second-order valence-corrected chi connectivity index (χ2v) is 4.18. The molecule has 4 nitrogen and oxygen atoms in total. The quantitative estimate of drug-likeness (QED) is 0.684. The Balaban J connectivity index is 2.18. The molecule has 1 amide bonds. The molecule has 1 N–H and O–H groups in total. The highest BCUT2D eigenvalue weighted by Gasteiger charge is 2.11. The zero-order chi connectivity index (χ0) is 14.5. The van der Waals surface area contributed by atoms with Crippen LogP contribution >= 0.6 is 0 Å². The molecule has 0 bridgehead atoms. The minimum atomic E-state index is -0.352. The molecule has 2 rings (SSSR count). The van der Waals surface area contributed by atoms with Gasteiger partial charge in [0, 0.05) is 11.1 Å². The highest BCUT2D eigenvalue weighted by molar-refractivity contribution is 5.94. The molecular weight excluding hydrogens is 254 g/mol. The second-order valence-electron chi connectivity index (χ2n) is 4.18. The molecule has 20 heavy (non-hydrogen) atoms. The van der Waals surface area contributed by atoms with Gasteiger partial charge in [-0.2, -0.15) is 0 Å². The minimum Gasteiger partial charge on any atom is -0.451 e. The lowest BCUT2D eigenvalue weighted by Gasteiger charge is -2.00. The first-order chi connectivity index (χ1) is 9.61. The zero-order valence-corrected chi connectivity index (χ0v) is 11.0. The van der Waals surface area contributed by atoms with E-state index in [1.54, 1.807) is 36.4 Å². The van der Waals surface area contributed by atoms with Gasteiger partial charge in [-0.1, -0.05) is 30.2 Å². The van der Waals surface area contributed by atoms with Crippen molar-refractivity contribution in [2.24, 2.45) is 0 Å². The average molecular weight is 267 g/mol. The van der Waals surface area contributed by atoms with Gasteiger partial charge in [0.2, 0.25) is 0 Å². The maximum absolute atomic E-state index is 11.6. The van der Waals surface area contributed by atoms with Crippen molar-refractivity contribution >= 4 is 11.7 Å². The van der Waals surface area contributed by atoms with E-state index in [0.717, 1.165) is 5.56 Å². The molecule has 1 aromatic heterocycles. The summed E-state index contributed by atoms with van der Waals surface area (Å²) in [5.41, 5.74) is 1.43. The van der Waals surface area contributed by atoms with Crippen molar-refractivity contribution in [1.29, 1.82) is 0 Å². The Labute approximate surface area is 116 Å². The highest BCUT2D eigenvalue weighted by Crippen LogP contribution is 2.22. The first kappa shape index (κ1) is 13.6. The van der Waals surface area contributed by atoms with E-state index < -0.39 is 0 Å². The summed E-state index contributed by atoms with van der Waals surface area (Å²) >= 11 is 0. The Bertz CT molecular complexity index is 674.